The van der Waals surface area contributed by atoms with Crippen LogP contribution in [-0.2, 0) is 11.2 Å². The van der Waals surface area contributed by atoms with Gasteiger partial charge in [-0.05, 0) is 17.7 Å². The van der Waals surface area contributed by atoms with Gasteiger partial charge in [0.2, 0.25) is 0 Å². The molecule has 0 bridgehead atoms. The van der Waals surface area contributed by atoms with Crippen LogP contribution in [0.4, 0.5) is 13.2 Å². The minimum Gasteiger partial charge on any atom is -0.406 e. The number of halogens is 3. The van der Waals surface area contributed by atoms with E-state index in [0.29, 0.717) is 12.1 Å². The summed E-state index contributed by atoms with van der Waals surface area (Å²) in [5.41, 5.74) is 0.685. The van der Waals surface area contributed by atoms with Crippen molar-refractivity contribution in [3.8, 4) is 5.75 Å². The van der Waals surface area contributed by atoms with Crippen LogP contribution >= 0.6 is 0 Å². The highest BCUT2D eigenvalue weighted by atomic mass is 19.4. The van der Waals surface area contributed by atoms with Crippen LogP contribution in [0.5, 0.6) is 5.75 Å². The predicted octanol–water partition coefficient (Wildman–Crippen LogP) is 1.60. The molecule has 0 radical (unpaired) electrons. The number of ether oxygens (including phenoxy) is 1. The van der Waals surface area contributed by atoms with Crippen LogP contribution in [0.25, 0.3) is 0 Å². The third kappa shape index (κ3) is 5.73. The molecule has 1 N–H and O–H groups in total. The van der Waals surface area contributed by atoms with Gasteiger partial charge in [-0.2, -0.15) is 0 Å². The van der Waals surface area contributed by atoms with Gasteiger partial charge in [0, 0.05) is 32.6 Å². The lowest BCUT2D eigenvalue weighted by atomic mass is 10.1. The molecule has 0 saturated carbocycles. The van der Waals surface area contributed by atoms with E-state index in [-0.39, 0.29) is 18.0 Å². The Labute approximate surface area is 120 Å². The summed E-state index contributed by atoms with van der Waals surface area (Å²) in [6.07, 6.45) is -4.48. The van der Waals surface area contributed by atoms with Crippen LogP contribution in [0, 0.1) is 0 Å². The van der Waals surface area contributed by atoms with Crippen molar-refractivity contribution in [1.29, 1.82) is 0 Å². The summed E-state index contributed by atoms with van der Waals surface area (Å²) >= 11 is 0. The molecule has 1 aliphatic heterocycles. The van der Waals surface area contributed by atoms with E-state index < -0.39 is 6.36 Å². The van der Waals surface area contributed by atoms with E-state index in [1.807, 2.05) is 0 Å². The topological polar surface area (TPSA) is 41.6 Å². The second kappa shape index (κ2) is 6.91. The van der Waals surface area contributed by atoms with Crippen molar-refractivity contribution in [1.82, 2.24) is 10.2 Å². The molecule has 1 fully saturated rings. The molecular weight excluding hydrogens is 285 g/mol. The van der Waals surface area contributed by atoms with E-state index in [1.165, 1.54) is 24.3 Å². The standard InChI is InChI=1S/C14H17F3N2O2/c15-14(16,17)21-13-3-1-11(2-4-13)9-12(20)10-19-7-5-18-6-8-19/h1-4,18H,5-10H2. The van der Waals surface area contributed by atoms with E-state index in [0.717, 1.165) is 26.2 Å². The maximum Gasteiger partial charge on any atom is 0.573 e. The number of carbonyl (C=O) groups excluding carboxylic acids is 1. The first-order valence-electron chi connectivity index (χ1n) is 6.72. The maximum atomic E-state index is 12.0. The summed E-state index contributed by atoms with van der Waals surface area (Å²) in [4.78, 5) is 14.0. The normalized spacial score (nSPS) is 16.7. The Kier molecular flexibility index (Phi) is 5.19. The van der Waals surface area contributed by atoms with Gasteiger partial charge in [0.25, 0.3) is 0 Å². The number of piperazine rings is 1. The molecule has 0 atom stereocenters. The van der Waals surface area contributed by atoms with Crippen LogP contribution in [0.15, 0.2) is 24.3 Å². The molecule has 0 aromatic heterocycles. The second-order valence-corrected chi connectivity index (χ2v) is 4.93. The van der Waals surface area contributed by atoms with E-state index >= 15 is 0 Å². The van der Waals surface area contributed by atoms with Gasteiger partial charge in [-0.15, -0.1) is 13.2 Å². The largest absolute Gasteiger partial charge is 0.573 e. The predicted molar refractivity (Wildman–Crippen MR) is 71.1 cm³/mol. The summed E-state index contributed by atoms with van der Waals surface area (Å²) in [5, 5.41) is 3.20. The number of nitrogens with zero attached hydrogens (tertiary/aromatic N) is 1. The zero-order chi connectivity index (χ0) is 15.3. The zero-order valence-electron chi connectivity index (χ0n) is 11.4. The van der Waals surface area contributed by atoms with Crippen molar-refractivity contribution in [2.75, 3.05) is 32.7 Å². The van der Waals surface area contributed by atoms with E-state index in [2.05, 4.69) is 15.0 Å². The lowest BCUT2D eigenvalue weighted by molar-refractivity contribution is -0.274. The molecule has 7 heteroatoms. The van der Waals surface area contributed by atoms with Crippen molar-refractivity contribution in [2.24, 2.45) is 0 Å². The van der Waals surface area contributed by atoms with Crippen LogP contribution < -0.4 is 10.1 Å². The highest BCUT2D eigenvalue weighted by molar-refractivity contribution is 5.82. The second-order valence-electron chi connectivity index (χ2n) is 4.93. The molecule has 4 nitrogen and oxygen atoms in total. The fraction of sp³-hybridized carbons (Fsp3) is 0.500. The molecule has 1 aromatic rings. The van der Waals surface area contributed by atoms with Gasteiger partial charge in [-0.3, -0.25) is 9.69 Å². The SMILES string of the molecule is O=C(Cc1ccc(OC(F)(F)F)cc1)CN1CCNCC1. The first kappa shape index (κ1) is 15.8. The number of rotatable bonds is 5. The molecule has 0 unspecified atom stereocenters. The van der Waals surface area contributed by atoms with E-state index in [4.69, 9.17) is 0 Å². The number of hydrogen-bond acceptors (Lipinski definition) is 4. The number of carbonyl (C=O) groups is 1. The fourth-order valence-electron chi connectivity index (χ4n) is 2.21. The van der Waals surface area contributed by atoms with E-state index in [1.54, 1.807) is 0 Å². The third-order valence-corrected chi connectivity index (χ3v) is 3.17. The Morgan fingerprint density at radius 3 is 2.38 bits per heavy atom. The number of alkyl halides is 3. The molecule has 1 heterocycles. The summed E-state index contributed by atoms with van der Waals surface area (Å²) in [6, 6.07) is 5.41. The van der Waals surface area contributed by atoms with Crippen molar-refractivity contribution >= 4 is 5.78 Å². The van der Waals surface area contributed by atoms with Crippen LogP contribution in [0.2, 0.25) is 0 Å². The molecule has 116 valence electrons. The monoisotopic (exact) mass is 302 g/mol. The van der Waals surface area contributed by atoms with Crippen LogP contribution in [0.3, 0.4) is 0 Å². The van der Waals surface area contributed by atoms with Crippen LogP contribution in [-0.4, -0.2) is 49.8 Å². The third-order valence-electron chi connectivity index (χ3n) is 3.17. The number of benzene rings is 1. The van der Waals surface area contributed by atoms with E-state index in [9.17, 15) is 18.0 Å². The molecule has 2 rings (SSSR count). The summed E-state index contributed by atoms with van der Waals surface area (Å²) in [7, 11) is 0. The van der Waals surface area contributed by atoms with Crippen molar-refractivity contribution in [3.63, 3.8) is 0 Å². The molecule has 0 amide bonds. The summed E-state index contributed by atoms with van der Waals surface area (Å²) in [5.74, 6) is -0.220. The number of ketones is 1. The van der Waals surface area contributed by atoms with Gasteiger partial charge < -0.3 is 10.1 Å². The number of nitrogens with one attached hydrogen (secondary N) is 1. The molecular formula is C14H17F3N2O2. The van der Waals surface area contributed by atoms with Crippen molar-refractivity contribution in [3.05, 3.63) is 29.8 Å². The minimum atomic E-state index is -4.69. The Bertz CT molecular complexity index is 468. The molecule has 21 heavy (non-hydrogen) atoms. The van der Waals surface area contributed by atoms with Crippen LogP contribution in [0.1, 0.15) is 5.56 Å². The van der Waals surface area contributed by atoms with Gasteiger partial charge in [0.1, 0.15) is 5.75 Å². The molecule has 1 aliphatic rings. The summed E-state index contributed by atoms with van der Waals surface area (Å²) < 4.78 is 39.9. The first-order chi connectivity index (χ1) is 9.92. The Balaban J connectivity index is 1.83. The quantitative estimate of drug-likeness (QED) is 0.897. The Hall–Kier alpha value is -1.60. The highest BCUT2D eigenvalue weighted by Crippen LogP contribution is 2.22. The van der Waals surface area contributed by atoms with Crippen molar-refractivity contribution in [2.45, 2.75) is 12.8 Å². The fourth-order valence-corrected chi connectivity index (χ4v) is 2.21. The lowest BCUT2D eigenvalue weighted by Gasteiger charge is -2.26. The molecule has 0 aliphatic carbocycles. The molecule has 1 saturated heterocycles. The van der Waals surface area contributed by atoms with Gasteiger partial charge in [0.15, 0.2) is 5.78 Å². The first-order valence-corrected chi connectivity index (χ1v) is 6.72. The van der Waals surface area contributed by atoms with Gasteiger partial charge in [-0.1, -0.05) is 12.1 Å². The van der Waals surface area contributed by atoms with Gasteiger partial charge in [-0.25, -0.2) is 0 Å². The average Bonchev–Trinajstić information content (AvgIpc) is 2.40. The van der Waals surface area contributed by atoms with Crippen molar-refractivity contribution < 1.29 is 22.7 Å². The van der Waals surface area contributed by atoms with Gasteiger partial charge >= 0.3 is 6.36 Å². The number of hydrogen-bond donors (Lipinski definition) is 1. The number of Topliss-reactive ketones (excluding diaryl/α,β-unsaturated/α-hetero) is 1. The summed E-state index contributed by atoms with van der Waals surface area (Å²) in [6.45, 7) is 3.80. The van der Waals surface area contributed by atoms with Gasteiger partial charge in [0.05, 0.1) is 6.54 Å². The smallest absolute Gasteiger partial charge is 0.406 e. The highest BCUT2D eigenvalue weighted by Gasteiger charge is 2.30. The maximum absolute atomic E-state index is 12.0. The molecule has 0 spiro atoms. The Morgan fingerprint density at radius 2 is 1.81 bits per heavy atom. The minimum absolute atomic E-state index is 0.0568. The average molecular weight is 302 g/mol. The zero-order valence-corrected chi connectivity index (χ0v) is 11.4. The molecule has 1 aromatic carbocycles. The lowest BCUT2D eigenvalue weighted by Crippen LogP contribution is -2.45. The Morgan fingerprint density at radius 1 is 1.19 bits per heavy atom.